The zero-order valence-electron chi connectivity index (χ0n) is 10.6. The van der Waals surface area contributed by atoms with Crippen molar-refractivity contribution < 1.29 is 9.50 Å². The van der Waals surface area contributed by atoms with Crippen LogP contribution in [-0.4, -0.2) is 42.9 Å². The van der Waals surface area contributed by atoms with Gasteiger partial charge in [0.2, 0.25) is 0 Å². The maximum atomic E-state index is 13.3. The highest BCUT2D eigenvalue weighted by Crippen LogP contribution is 2.39. The van der Waals surface area contributed by atoms with Crippen LogP contribution in [0.15, 0.2) is 16.6 Å². The second-order valence-corrected chi connectivity index (χ2v) is 5.46. The van der Waals surface area contributed by atoms with Crippen LogP contribution in [0.25, 0.3) is 0 Å². The molecule has 3 nitrogen and oxygen atoms in total. The number of alkyl halides is 1. The van der Waals surface area contributed by atoms with Gasteiger partial charge >= 0.3 is 0 Å². The Balaban J connectivity index is 0.00000180. The molecule has 0 amide bonds. The summed E-state index contributed by atoms with van der Waals surface area (Å²) in [5.74, 6) is 0.0312. The second-order valence-electron chi connectivity index (χ2n) is 4.26. The Morgan fingerprint density at radius 1 is 1.35 bits per heavy atom. The first kappa shape index (κ1) is 20.2. The third kappa shape index (κ3) is 4.36. The summed E-state index contributed by atoms with van der Waals surface area (Å²) in [6.45, 7) is 2.70. The highest BCUT2D eigenvalue weighted by atomic mass is 79.9. The van der Waals surface area contributed by atoms with Gasteiger partial charge in [0, 0.05) is 31.7 Å². The van der Waals surface area contributed by atoms with Crippen molar-refractivity contribution in [3.63, 3.8) is 0 Å². The highest BCUT2D eigenvalue weighted by Gasteiger charge is 2.25. The monoisotopic (exact) mass is 408 g/mol. The predicted molar refractivity (Wildman–Crippen MR) is 88.5 cm³/mol. The number of halogens is 5. The fourth-order valence-corrected chi connectivity index (χ4v) is 2.71. The van der Waals surface area contributed by atoms with Gasteiger partial charge in [-0.15, -0.1) is 24.8 Å². The minimum atomic E-state index is -0.526. The van der Waals surface area contributed by atoms with Gasteiger partial charge in [-0.05, 0) is 22.0 Å². The van der Waals surface area contributed by atoms with E-state index in [1.807, 2.05) is 4.90 Å². The van der Waals surface area contributed by atoms with E-state index in [1.54, 1.807) is 12.1 Å². The summed E-state index contributed by atoms with van der Waals surface area (Å²) in [5.41, 5.74) is 0.579. The van der Waals surface area contributed by atoms with Crippen molar-refractivity contribution in [2.45, 2.75) is 6.04 Å². The van der Waals surface area contributed by atoms with Gasteiger partial charge in [-0.25, -0.2) is 4.39 Å². The molecule has 0 unspecified atom stereocenters. The summed E-state index contributed by atoms with van der Waals surface area (Å²) in [4.78, 5) is 2.03. The molecule has 2 rings (SSSR count). The van der Waals surface area contributed by atoms with Crippen LogP contribution in [0.4, 0.5) is 4.39 Å². The van der Waals surface area contributed by atoms with Crippen molar-refractivity contribution in [3.05, 3.63) is 27.2 Å². The first-order valence-electron chi connectivity index (χ1n) is 5.82. The summed E-state index contributed by atoms with van der Waals surface area (Å²) in [6.07, 6.45) is 0. The first-order valence-corrected chi connectivity index (χ1v) is 7.00. The van der Waals surface area contributed by atoms with E-state index in [1.165, 1.54) is 0 Å². The van der Waals surface area contributed by atoms with Crippen LogP contribution < -0.4 is 5.32 Å². The van der Waals surface area contributed by atoms with Crippen LogP contribution in [0.3, 0.4) is 0 Å². The van der Waals surface area contributed by atoms with Gasteiger partial charge in [-0.3, -0.25) is 4.90 Å². The Hall–Kier alpha value is 0.220. The van der Waals surface area contributed by atoms with E-state index in [2.05, 4.69) is 21.2 Å². The molecule has 0 spiro atoms. The lowest BCUT2D eigenvalue weighted by Crippen LogP contribution is -2.45. The molecular weight excluding hydrogens is 393 g/mol. The van der Waals surface area contributed by atoms with Crippen molar-refractivity contribution in [2.75, 3.05) is 32.9 Å². The van der Waals surface area contributed by atoms with E-state index in [9.17, 15) is 9.50 Å². The molecule has 0 radical (unpaired) electrons. The van der Waals surface area contributed by atoms with Crippen molar-refractivity contribution >= 4 is 52.3 Å². The van der Waals surface area contributed by atoms with Crippen LogP contribution in [0, 0.1) is 0 Å². The Bertz CT molecular complexity index is 433. The molecule has 1 atom stereocenters. The average Bonchev–Trinajstić information content (AvgIpc) is 2.41. The molecule has 1 aliphatic heterocycles. The molecule has 20 heavy (non-hydrogen) atoms. The molecule has 1 aromatic rings. The van der Waals surface area contributed by atoms with Crippen LogP contribution in [0.5, 0.6) is 5.75 Å². The highest BCUT2D eigenvalue weighted by molar-refractivity contribution is 9.10. The number of phenolic OH excluding ortho intramolecular Hbond substituents is 1. The summed E-state index contributed by atoms with van der Waals surface area (Å²) >= 11 is 9.11. The van der Waals surface area contributed by atoms with E-state index in [0.717, 1.165) is 26.2 Å². The summed E-state index contributed by atoms with van der Waals surface area (Å²) in [7, 11) is 0. The van der Waals surface area contributed by atoms with Gasteiger partial charge < -0.3 is 10.4 Å². The molecule has 0 aromatic heterocycles. The molecule has 1 aromatic carbocycles. The molecule has 1 heterocycles. The molecule has 1 saturated heterocycles. The maximum Gasteiger partial charge on any atom is 0.136 e. The minimum Gasteiger partial charge on any atom is -0.506 e. The quantitative estimate of drug-likeness (QED) is 0.800. The summed E-state index contributed by atoms with van der Waals surface area (Å²) in [6, 6.07) is 2.95. The number of nitrogens with zero attached hydrogens (tertiary/aromatic N) is 1. The van der Waals surface area contributed by atoms with Crippen molar-refractivity contribution in [2.24, 2.45) is 0 Å². The number of aromatic hydroxyl groups is 1. The van der Waals surface area contributed by atoms with Gasteiger partial charge in [0.25, 0.3) is 0 Å². The van der Waals surface area contributed by atoms with Gasteiger partial charge in [0.05, 0.1) is 15.5 Å². The first-order chi connectivity index (χ1) is 8.65. The zero-order valence-corrected chi connectivity index (χ0v) is 14.6. The van der Waals surface area contributed by atoms with Crippen molar-refractivity contribution in [1.29, 1.82) is 0 Å². The average molecular weight is 411 g/mol. The molecule has 0 saturated carbocycles. The van der Waals surface area contributed by atoms with E-state index < -0.39 is 12.7 Å². The molecule has 8 heteroatoms. The smallest absolute Gasteiger partial charge is 0.136 e. The number of rotatable bonds is 3. The summed E-state index contributed by atoms with van der Waals surface area (Å²) in [5, 5.41) is 13.7. The molecule has 0 bridgehead atoms. The lowest BCUT2D eigenvalue weighted by molar-refractivity contribution is 0.145. The molecule has 1 fully saturated rings. The maximum absolute atomic E-state index is 13.3. The fourth-order valence-electron chi connectivity index (χ4n) is 2.19. The second kappa shape index (κ2) is 9.28. The van der Waals surface area contributed by atoms with E-state index >= 15 is 0 Å². The zero-order chi connectivity index (χ0) is 13.1. The van der Waals surface area contributed by atoms with Gasteiger partial charge in [0.1, 0.15) is 12.4 Å². The van der Waals surface area contributed by atoms with E-state index in [-0.39, 0.29) is 30.6 Å². The van der Waals surface area contributed by atoms with Crippen LogP contribution in [0.1, 0.15) is 11.6 Å². The van der Waals surface area contributed by atoms with Crippen molar-refractivity contribution in [1.82, 2.24) is 10.2 Å². The predicted octanol–water partition coefficient (Wildman–Crippen LogP) is 3.57. The SMILES string of the molecule is Cl.Cl.Oc1c([C@H](CF)N2CCNCC2)ccc(Cl)c1Br. The Labute approximate surface area is 143 Å². The number of benzene rings is 1. The van der Waals surface area contributed by atoms with E-state index in [4.69, 9.17) is 11.6 Å². The topological polar surface area (TPSA) is 35.5 Å². The number of nitrogens with one attached hydrogen (secondary N) is 1. The molecule has 116 valence electrons. The molecule has 0 aliphatic carbocycles. The molecule has 2 N–H and O–H groups in total. The standard InChI is InChI=1S/C12H15BrClFN2O.2ClH/c13-11-9(14)2-1-8(12(11)18)10(7-15)17-5-3-16-4-6-17;;/h1-2,10,16,18H,3-7H2;2*1H/t10-;;/m0../s1. The lowest BCUT2D eigenvalue weighted by Gasteiger charge is -2.34. The largest absolute Gasteiger partial charge is 0.506 e. The van der Waals surface area contributed by atoms with Crippen LogP contribution in [-0.2, 0) is 0 Å². The Morgan fingerprint density at radius 2 is 1.95 bits per heavy atom. The van der Waals surface area contributed by atoms with Crippen molar-refractivity contribution in [3.8, 4) is 5.75 Å². The normalized spacial score (nSPS) is 16.9. The summed E-state index contributed by atoms with van der Waals surface area (Å²) < 4.78 is 13.7. The number of hydrogen-bond acceptors (Lipinski definition) is 3. The third-order valence-corrected chi connectivity index (χ3v) is 4.54. The number of hydrogen-bond donors (Lipinski definition) is 2. The van der Waals surface area contributed by atoms with Gasteiger partial charge in [0.15, 0.2) is 0 Å². The lowest BCUT2D eigenvalue weighted by atomic mass is 10.0. The Kier molecular flexibility index (Phi) is 9.38. The van der Waals surface area contributed by atoms with Crippen LogP contribution >= 0.6 is 52.3 Å². The molecule has 1 aliphatic rings. The number of phenols is 1. The minimum absolute atomic E-state index is 0. The van der Waals surface area contributed by atoms with Crippen LogP contribution in [0.2, 0.25) is 5.02 Å². The fraction of sp³-hybridized carbons (Fsp3) is 0.500. The molecular formula is C12H17BrCl3FN2O. The van der Waals surface area contributed by atoms with Gasteiger partial charge in [-0.2, -0.15) is 0 Å². The van der Waals surface area contributed by atoms with E-state index in [0.29, 0.717) is 15.1 Å². The Morgan fingerprint density at radius 3 is 2.50 bits per heavy atom. The number of piperazine rings is 1. The third-order valence-electron chi connectivity index (χ3n) is 3.20. The van der Waals surface area contributed by atoms with Gasteiger partial charge in [-0.1, -0.05) is 17.7 Å².